The van der Waals surface area contributed by atoms with Crippen LogP contribution in [0.3, 0.4) is 0 Å². The molecule has 0 radical (unpaired) electrons. The molecule has 1 aliphatic rings. The van der Waals surface area contributed by atoms with Gasteiger partial charge in [-0.3, -0.25) is 9.59 Å². The molecule has 10 heteroatoms. The predicted molar refractivity (Wildman–Crippen MR) is 156 cm³/mol. The van der Waals surface area contributed by atoms with Crippen molar-refractivity contribution in [3.05, 3.63) is 112 Å². The predicted octanol–water partition coefficient (Wildman–Crippen LogP) is 4.31. The van der Waals surface area contributed by atoms with Crippen molar-refractivity contribution >= 4 is 29.2 Å². The first kappa shape index (κ1) is 27.7. The third kappa shape index (κ3) is 6.34. The number of ether oxygens (including phenoxy) is 1. The molecule has 2 amide bonds. The topological polar surface area (TPSA) is 137 Å². The fraction of sp³-hybridized carbons (Fsp3) is 0.226. The number of amides is 2. The molecule has 2 atom stereocenters. The van der Waals surface area contributed by atoms with E-state index in [2.05, 4.69) is 26.3 Å². The number of nitriles is 1. The zero-order valence-corrected chi connectivity index (χ0v) is 23.2. The number of hydrogen-bond acceptors (Lipinski definition) is 6. The number of rotatable bonds is 9. The van der Waals surface area contributed by atoms with Crippen LogP contribution in [0.15, 0.2) is 72.9 Å². The summed E-state index contributed by atoms with van der Waals surface area (Å²) in [5.41, 5.74) is 9.32. The molecule has 1 unspecified atom stereocenters. The molecule has 0 fully saturated rings. The second kappa shape index (κ2) is 12.1. The van der Waals surface area contributed by atoms with E-state index in [1.54, 1.807) is 48.7 Å². The summed E-state index contributed by atoms with van der Waals surface area (Å²) in [6.07, 6.45) is 3.34. The minimum Gasteiger partial charge on any atom is -0.492 e. The number of nitrogens with one attached hydrogen (secondary N) is 2. The quantitative estimate of drug-likeness (QED) is 0.275. The number of nitrogens with zero attached hydrogens (tertiary/aromatic N) is 3. The monoisotopic (exact) mass is 568 g/mol. The van der Waals surface area contributed by atoms with Crippen molar-refractivity contribution in [2.45, 2.75) is 31.3 Å². The number of aromatic nitrogens is 2. The summed E-state index contributed by atoms with van der Waals surface area (Å²) < 4.78 is 6.00. The lowest BCUT2D eigenvalue weighted by Crippen LogP contribution is -2.46. The molecule has 3 aromatic carbocycles. The lowest BCUT2D eigenvalue weighted by atomic mass is 9.96. The number of anilines is 1. The molecule has 1 aliphatic heterocycles. The SMILES string of the molecule is CN(c1cnc(Cc2ccc(C#N)cc2)[nH]1)C1CCOc2c(C(=O)N[C@@H](Cc3ccc(Cl)cc3)C(N)=O)cccc21. The molecule has 0 aliphatic carbocycles. The summed E-state index contributed by atoms with van der Waals surface area (Å²) in [5, 5.41) is 12.4. The number of benzene rings is 3. The molecule has 2 heterocycles. The molecule has 0 bridgehead atoms. The van der Waals surface area contributed by atoms with Gasteiger partial charge in [0.1, 0.15) is 23.4 Å². The van der Waals surface area contributed by atoms with Crippen LogP contribution in [-0.2, 0) is 17.6 Å². The number of halogens is 1. The van der Waals surface area contributed by atoms with E-state index >= 15 is 0 Å². The van der Waals surface area contributed by atoms with Crippen LogP contribution in [0.5, 0.6) is 5.75 Å². The average molecular weight is 569 g/mol. The van der Waals surface area contributed by atoms with E-state index in [4.69, 9.17) is 27.3 Å². The molecule has 4 aromatic rings. The Labute approximate surface area is 242 Å². The van der Waals surface area contributed by atoms with Crippen LogP contribution >= 0.6 is 11.6 Å². The Morgan fingerprint density at radius 2 is 1.90 bits per heavy atom. The van der Waals surface area contributed by atoms with Gasteiger partial charge in [-0.05, 0) is 41.5 Å². The third-order valence-electron chi connectivity index (χ3n) is 7.21. The largest absolute Gasteiger partial charge is 0.492 e. The van der Waals surface area contributed by atoms with Crippen LogP contribution in [0.1, 0.15) is 50.9 Å². The molecule has 41 heavy (non-hydrogen) atoms. The van der Waals surface area contributed by atoms with E-state index in [0.717, 1.165) is 28.3 Å². The molecule has 0 saturated carbocycles. The van der Waals surface area contributed by atoms with E-state index in [9.17, 15) is 9.59 Å². The number of primary amides is 1. The number of carbonyl (C=O) groups is 2. The van der Waals surface area contributed by atoms with Gasteiger partial charge in [-0.25, -0.2) is 4.98 Å². The summed E-state index contributed by atoms with van der Waals surface area (Å²) in [6.45, 7) is 0.419. The second-order valence-electron chi connectivity index (χ2n) is 9.95. The first-order valence-electron chi connectivity index (χ1n) is 13.2. The number of nitrogens with two attached hydrogens (primary N) is 1. The number of imidazole rings is 1. The number of aromatic amines is 1. The van der Waals surface area contributed by atoms with Crippen LogP contribution < -0.4 is 20.7 Å². The number of H-pyrrole nitrogens is 1. The summed E-state index contributed by atoms with van der Waals surface area (Å²) in [4.78, 5) is 35.6. The standard InChI is InChI=1S/C31H29ClN6O3/c1-38(28-18-35-27(37-28)16-20-5-7-21(17-33)8-6-20)26-13-14-41-29-23(26)3-2-4-24(29)31(40)36-25(30(34)39)15-19-9-11-22(32)12-10-19/h2-12,18,25-26H,13-16H2,1H3,(H2,34,39)(H,35,37)(H,36,40)/t25-,26?/m0/s1. The Hall–Kier alpha value is -4.81. The fourth-order valence-electron chi connectivity index (χ4n) is 4.98. The molecule has 9 nitrogen and oxygen atoms in total. The maximum absolute atomic E-state index is 13.4. The minimum absolute atomic E-state index is 0.0734. The van der Waals surface area contributed by atoms with E-state index in [1.807, 2.05) is 31.3 Å². The molecule has 5 rings (SSSR count). The normalized spacial score (nSPS) is 14.7. The average Bonchev–Trinajstić information content (AvgIpc) is 3.45. The van der Waals surface area contributed by atoms with Crippen LogP contribution in [0.25, 0.3) is 0 Å². The summed E-state index contributed by atoms with van der Waals surface area (Å²) in [7, 11) is 1.97. The van der Waals surface area contributed by atoms with Gasteiger partial charge in [0, 0.05) is 36.9 Å². The molecule has 0 spiro atoms. The first-order chi connectivity index (χ1) is 19.8. The van der Waals surface area contributed by atoms with Crippen molar-refractivity contribution in [3.63, 3.8) is 0 Å². The maximum atomic E-state index is 13.4. The van der Waals surface area contributed by atoms with Gasteiger partial charge in [-0.1, -0.05) is 48.0 Å². The number of fused-ring (bicyclic) bond motifs is 1. The highest BCUT2D eigenvalue weighted by molar-refractivity contribution is 6.30. The summed E-state index contributed by atoms with van der Waals surface area (Å²) >= 11 is 5.97. The van der Waals surface area contributed by atoms with E-state index in [0.29, 0.717) is 41.3 Å². The highest BCUT2D eigenvalue weighted by atomic mass is 35.5. The highest BCUT2D eigenvalue weighted by Gasteiger charge is 2.30. The smallest absolute Gasteiger partial charge is 0.255 e. The Balaban J connectivity index is 1.32. The van der Waals surface area contributed by atoms with Crippen LogP contribution in [0.4, 0.5) is 5.82 Å². The number of carbonyl (C=O) groups excluding carboxylic acids is 2. The van der Waals surface area contributed by atoms with E-state index in [-0.39, 0.29) is 12.5 Å². The Bertz CT molecular complexity index is 1590. The Morgan fingerprint density at radius 3 is 2.61 bits per heavy atom. The summed E-state index contributed by atoms with van der Waals surface area (Å²) in [6, 6.07) is 21.1. The molecular weight excluding hydrogens is 540 g/mol. The lowest BCUT2D eigenvalue weighted by molar-refractivity contribution is -0.119. The van der Waals surface area contributed by atoms with Gasteiger partial charge in [0.05, 0.1) is 36.0 Å². The van der Waals surface area contributed by atoms with Crippen molar-refractivity contribution in [3.8, 4) is 11.8 Å². The molecular formula is C31H29ClN6O3. The van der Waals surface area contributed by atoms with Crippen LogP contribution in [-0.4, -0.2) is 41.5 Å². The third-order valence-corrected chi connectivity index (χ3v) is 7.46. The van der Waals surface area contributed by atoms with Gasteiger partial charge in [0.25, 0.3) is 5.91 Å². The molecule has 4 N–H and O–H groups in total. The van der Waals surface area contributed by atoms with E-state index < -0.39 is 17.9 Å². The molecule has 1 aromatic heterocycles. The zero-order chi connectivity index (χ0) is 28.9. The highest BCUT2D eigenvalue weighted by Crippen LogP contribution is 2.39. The van der Waals surface area contributed by atoms with Gasteiger partial charge in [-0.15, -0.1) is 0 Å². The van der Waals surface area contributed by atoms with Crippen molar-refractivity contribution in [1.29, 1.82) is 5.26 Å². The Kier molecular flexibility index (Phi) is 8.22. The van der Waals surface area contributed by atoms with Crippen LogP contribution in [0.2, 0.25) is 5.02 Å². The van der Waals surface area contributed by atoms with Gasteiger partial charge < -0.3 is 25.7 Å². The first-order valence-corrected chi connectivity index (χ1v) is 13.6. The van der Waals surface area contributed by atoms with Crippen molar-refractivity contribution in [2.75, 3.05) is 18.6 Å². The van der Waals surface area contributed by atoms with Crippen LogP contribution in [0, 0.1) is 11.3 Å². The minimum atomic E-state index is -0.902. The van der Waals surface area contributed by atoms with Crippen molar-refractivity contribution in [2.24, 2.45) is 5.73 Å². The lowest BCUT2D eigenvalue weighted by Gasteiger charge is -2.34. The van der Waals surface area contributed by atoms with Crippen molar-refractivity contribution < 1.29 is 14.3 Å². The molecule has 208 valence electrons. The van der Waals surface area contributed by atoms with Gasteiger partial charge in [0.2, 0.25) is 5.91 Å². The van der Waals surface area contributed by atoms with Gasteiger partial charge >= 0.3 is 0 Å². The van der Waals surface area contributed by atoms with Gasteiger partial charge in [-0.2, -0.15) is 5.26 Å². The second-order valence-corrected chi connectivity index (χ2v) is 10.4. The number of para-hydroxylation sites is 1. The maximum Gasteiger partial charge on any atom is 0.255 e. The number of hydrogen-bond donors (Lipinski definition) is 3. The zero-order valence-electron chi connectivity index (χ0n) is 22.4. The van der Waals surface area contributed by atoms with Gasteiger partial charge in [0.15, 0.2) is 0 Å². The van der Waals surface area contributed by atoms with Crippen molar-refractivity contribution in [1.82, 2.24) is 15.3 Å². The summed E-state index contributed by atoms with van der Waals surface area (Å²) in [5.74, 6) is 1.05. The molecule has 0 saturated heterocycles. The Morgan fingerprint density at radius 1 is 1.17 bits per heavy atom. The fourth-order valence-corrected chi connectivity index (χ4v) is 5.11. The van der Waals surface area contributed by atoms with E-state index in [1.165, 1.54) is 0 Å².